The van der Waals surface area contributed by atoms with E-state index in [0.717, 1.165) is 34.4 Å². The molecule has 3 rings (SSSR count). The highest BCUT2D eigenvalue weighted by Crippen LogP contribution is 2.20. The van der Waals surface area contributed by atoms with Crippen LogP contribution in [-0.4, -0.2) is 21.1 Å². The fourth-order valence-electron chi connectivity index (χ4n) is 2.64. The summed E-state index contributed by atoms with van der Waals surface area (Å²) in [6, 6.07) is 9.85. The van der Waals surface area contributed by atoms with Crippen LogP contribution in [0.15, 0.2) is 30.3 Å². The maximum atomic E-state index is 12.6. The van der Waals surface area contributed by atoms with Crippen molar-refractivity contribution < 1.29 is 4.79 Å². The molecule has 118 valence electrons. The van der Waals surface area contributed by atoms with E-state index in [1.165, 1.54) is 5.56 Å². The maximum Gasteiger partial charge on any atom is 0.252 e. The number of aryl methyl sites for hydroxylation is 3. The number of hydrogen-bond acceptors (Lipinski definition) is 3. The summed E-state index contributed by atoms with van der Waals surface area (Å²) in [5, 5.41) is 10.8. The molecule has 0 saturated heterocycles. The number of fused-ring (bicyclic) bond motifs is 1. The summed E-state index contributed by atoms with van der Waals surface area (Å²) in [7, 11) is 0. The third-order valence-electron chi connectivity index (χ3n) is 3.84. The molecule has 2 N–H and O–H groups in total. The third-order valence-corrected chi connectivity index (χ3v) is 3.84. The van der Waals surface area contributed by atoms with Crippen molar-refractivity contribution in [2.24, 2.45) is 0 Å². The van der Waals surface area contributed by atoms with Gasteiger partial charge in [0.05, 0.1) is 23.3 Å². The highest BCUT2D eigenvalue weighted by molar-refractivity contribution is 6.06. The van der Waals surface area contributed by atoms with Crippen LogP contribution in [0.4, 0.5) is 0 Å². The van der Waals surface area contributed by atoms with E-state index in [-0.39, 0.29) is 5.91 Å². The number of H-pyrrole nitrogens is 1. The van der Waals surface area contributed by atoms with E-state index in [1.54, 1.807) is 0 Å². The first-order valence-electron chi connectivity index (χ1n) is 7.76. The lowest BCUT2D eigenvalue weighted by molar-refractivity contribution is 0.0952. The summed E-state index contributed by atoms with van der Waals surface area (Å²) in [6.07, 6.45) is 0.928. The molecule has 0 bridgehead atoms. The second kappa shape index (κ2) is 6.20. The first-order valence-corrected chi connectivity index (χ1v) is 7.76. The molecule has 0 unspecified atom stereocenters. The van der Waals surface area contributed by atoms with Gasteiger partial charge in [-0.25, -0.2) is 0 Å². The minimum absolute atomic E-state index is 0.102. The van der Waals surface area contributed by atoms with Gasteiger partial charge in [0.25, 0.3) is 5.91 Å². The summed E-state index contributed by atoms with van der Waals surface area (Å²) >= 11 is 0. The van der Waals surface area contributed by atoms with Crippen LogP contribution in [0.2, 0.25) is 0 Å². The van der Waals surface area contributed by atoms with Gasteiger partial charge in [-0.2, -0.15) is 5.10 Å². The SMILES string of the molecule is CCc1ccc2nc(C)cc(C(=O)NCc3cc(C)[nH]n3)c2c1. The highest BCUT2D eigenvalue weighted by atomic mass is 16.1. The average Bonchev–Trinajstić information content (AvgIpc) is 2.96. The molecule has 0 aliphatic heterocycles. The summed E-state index contributed by atoms with van der Waals surface area (Å²) in [5.74, 6) is -0.102. The Bertz CT molecular complexity index is 867. The van der Waals surface area contributed by atoms with E-state index < -0.39 is 0 Å². The van der Waals surface area contributed by atoms with Crippen molar-refractivity contribution in [2.45, 2.75) is 33.7 Å². The molecule has 0 saturated carbocycles. The molecule has 1 aromatic carbocycles. The number of benzene rings is 1. The van der Waals surface area contributed by atoms with Gasteiger partial charge in [-0.15, -0.1) is 0 Å². The van der Waals surface area contributed by atoms with Gasteiger partial charge in [0, 0.05) is 16.8 Å². The van der Waals surface area contributed by atoms with Crippen molar-refractivity contribution >= 4 is 16.8 Å². The van der Waals surface area contributed by atoms with Crippen LogP contribution in [0, 0.1) is 13.8 Å². The van der Waals surface area contributed by atoms with Gasteiger partial charge in [0.1, 0.15) is 0 Å². The molecule has 0 aliphatic carbocycles. The van der Waals surface area contributed by atoms with Crippen LogP contribution in [0.25, 0.3) is 10.9 Å². The van der Waals surface area contributed by atoms with Crippen LogP contribution in [-0.2, 0) is 13.0 Å². The zero-order chi connectivity index (χ0) is 16.4. The largest absolute Gasteiger partial charge is 0.346 e. The van der Waals surface area contributed by atoms with E-state index >= 15 is 0 Å². The first-order chi connectivity index (χ1) is 11.1. The monoisotopic (exact) mass is 308 g/mol. The zero-order valence-corrected chi connectivity index (χ0v) is 13.6. The van der Waals surface area contributed by atoms with Crippen LogP contribution >= 0.6 is 0 Å². The summed E-state index contributed by atoms with van der Waals surface area (Å²) < 4.78 is 0. The van der Waals surface area contributed by atoms with Gasteiger partial charge in [0.15, 0.2) is 0 Å². The van der Waals surface area contributed by atoms with Gasteiger partial charge < -0.3 is 5.32 Å². The topological polar surface area (TPSA) is 70.7 Å². The summed E-state index contributed by atoms with van der Waals surface area (Å²) in [6.45, 7) is 6.34. The van der Waals surface area contributed by atoms with E-state index in [1.807, 2.05) is 32.0 Å². The molecular formula is C18H20N4O. The Balaban J connectivity index is 1.92. The Kier molecular flexibility index (Phi) is 4.10. The standard InChI is InChI=1S/C18H20N4O/c1-4-13-5-6-17-15(9-13)16(8-11(2)20-17)18(23)19-10-14-7-12(3)21-22-14/h5-9H,4,10H2,1-3H3,(H,19,23)(H,21,22). The lowest BCUT2D eigenvalue weighted by Crippen LogP contribution is -2.23. The van der Waals surface area contributed by atoms with Gasteiger partial charge in [0.2, 0.25) is 0 Å². The molecule has 5 nitrogen and oxygen atoms in total. The Morgan fingerprint density at radius 2 is 2.04 bits per heavy atom. The Morgan fingerprint density at radius 1 is 1.22 bits per heavy atom. The van der Waals surface area contributed by atoms with Crippen LogP contribution < -0.4 is 5.32 Å². The molecule has 0 radical (unpaired) electrons. The lowest BCUT2D eigenvalue weighted by Gasteiger charge is -2.09. The van der Waals surface area contributed by atoms with Crippen LogP contribution in [0.1, 0.15) is 39.9 Å². The molecule has 0 atom stereocenters. The molecule has 3 aromatic rings. The Labute approximate surface area is 135 Å². The molecule has 1 amide bonds. The van der Waals surface area contributed by atoms with Gasteiger partial charge in [-0.3, -0.25) is 14.9 Å². The predicted octanol–water partition coefficient (Wildman–Crippen LogP) is 3.07. The smallest absolute Gasteiger partial charge is 0.252 e. The molecule has 2 aromatic heterocycles. The number of pyridine rings is 1. The minimum atomic E-state index is -0.102. The quantitative estimate of drug-likeness (QED) is 0.778. The van der Waals surface area contributed by atoms with Crippen molar-refractivity contribution in [1.82, 2.24) is 20.5 Å². The van der Waals surface area contributed by atoms with Gasteiger partial charge >= 0.3 is 0 Å². The second-order valence-corrected chi connectivity index (χ2v) is 5.74. The second-order valence-electron chi connectivity index (χ2n) is 5.74. The number of hydrogen-bond donors (Lipinski definition) is 2. The van der Waals surface area contributed by atoms with Crippen molar-refractivity contribution in [3.05, 3.63) is 58.5 Å². The van der Waals surface area contributed by atoms with Gasteiger partial charge in [-0.1, -0.05) is 13.0 Å². The Morgan fingerprint density at radius 3 is 2.74 bits per heavy atom. The molecule has 23 heavy (non-hydrogen) atoms. The number of carbonyl (C=O) groups excluding carboxylic acids is 1. The number of nitrogens with one attached hydrogen (secondary N) is 2. The van der Waals surface area contributed by atoms with Crippen molar-refractivity contribution in [1.29, 1.82) is 0 Å². The molecular weight excluding hydrogens is 288 g/mol. The third kappa shape index (κ3) is 3.23. The Hall–Kier alpha value is -2.69. The van der Waals surface area contributed by atoms with Crippen LogP contribution in [0.5, 0.6) is 0 Å². The lowest BCUT2D eigenvalue weighted by atomic mass is 10.0. The maximum absolute atomic E-state index is 12.6. The molecule has 0 spiro atoms. The summed E-state index contributed by atoms with van der Waals surface area (Å²) in [5.41, 5.74) is 5.34. The number of nitrogens with zero attached hydrogens (tertiary/aromatic N) is 2. The molecule has 5 heteroatoms. The molecule has 0 fully saturated rings. The zero-order valence-electron chi connectivity index (χ0n) is 13.6. The van der Waals surface area contributed by atoms with E-state index in [9.17, 15) is 4.79 Å². The highest BCUT2D eigenvalue weighted by Gasteiger charge is 2.13. The number of aromatic amines is 1. The fourth-order valence-corrected chi connectivity index (χ4v) is 2.64. The number of amides is 1. The molecule has 2 heterocycles. The number of rotatable bonds is 4. The van der Waals surface area contributed by atoms with Gasteiger partial charge in [-0.05, 0) is 50.1 Å². The number of carbonyl (C=O) groups is 1. The van der Waals surface area contributed by atoms with E-state index in [2.05, 4.69) is 39.6 Å². The van der Waals surface area contributed by atoms with Crippen molar-refractivity contribution in [3.63, 3.8) is 0 Å². The van der Waals surface area contributed by atoms with Crippen LogP contribution in [0.3, 0.4) is 0 Å². The number of aromatic nitrogens is 3. The van der Waals surface area contributed by atoms with E-state index in [0.29, 0.717) is 12.1 Å². The first kappa shape index (κ1) is 15.2. The average molecular weight is 308 g/mol. The minimum Gasteiger partial charge on any atom is -0.346 e. The fraction of sp³-hybridized carbons (Fsp3) is 0.278. The predicted molar refractivity (Wildman–Crippen MR) is 90.4 cm³/mol. The molecule has 0 aliphatic rings. The van der Waals surface area contributed by atoms with E-state index in [4.69, 9.17) is 0 Å². The normalized spacial score (nSPS) is 10.9. The summed E-state index contributed by atoms with van der Waals surface area (Å²) in [4.78, 5) is 17.1. The van der Waals surface area contributed by atoms with Crippen molar-refractivity contribution in [2.75, 3.05) is 0 Å². The van der Waals surface area contributed by atoms with Crippen molar-refractivity contribution in [3.8, 4) is 0 Å².